The molecule has 33 heavy (non-hydrogen) atoms. The summed E-state index contributed by atoms with van der Waals surface area (Å²) >= 11 is 0. The van der Waals surface area contributed by atoms with Gasteiger partial charge in [0.15, 0.2) is 5.78 Å². The highest BCUT2D eigenvalue weighted by molar-refractivity contribution is 6.04. The first-order chi connectivity index (χ1) is 16.0. The quantitative estimate of drug-likeness (QED) is 0.600. The summed E-state index contributed by atoms with van der Waals surface area (Å²) in [4.78, 5) is 27.0. The molecule has 0 spiro atoms. The third-order valence-electron chi connectivity index (χ3n) is 7.19. The Morgan fingerprint density at radius 2 is 1.76 bits per heavy atom. The average molecular weight is 446 g/mol. The number of carbonyl (C=O) groups is 2. The van der Waals surface area contributed by atoms with Crippen molar-refractivity contribution in [3.05, 3.63) is 82.1 Å². The molecular formula is C28H31NO4. The Labute approximate surface area is 194 Å². The largest absolute Gasteiger partial charge is 0.465 e. The number of aryl methyl sites for hydroxylation is 1. The first-order valence-corrected chi connectivity index (χ1v) is 12.1. The summed E-state index contributed by atoms with van der Waals surface area (Å²) in [6.07, 6.45) is 6.27. The van der Waals surface area contributed by atoms with Crippen molar-refractivity contribution in [3.8, 4) is 0 Å². The Balaban J connectivity index is 1.51. The van der Waals surface area contributed by atoms with Gasteiger partial charge in [-0.3, -0.25) is 4.79 Å². The van der Waals surface area contributed by atoms with Crippen LogP contribution >= 0.6 is 0 Å². The first-order valence-electron chi connectivity index (χ1n) is 12.1. The Kier molecular flexibility index (Phi) is 5.96. The third-order valence-corrected chi connectivity index (χ3v) is 7.19. The summed E-state index contributed by atoms with van der Waals surface area (Å²) in [5, 5.41) is 3.42. The molecular weight excluding hydrogens is 414 g/mol. The Bertz CT molecular complexity index is 1120. The summed E-state index contributed by atoms with van der Waals surface area (Å²) in [5.41, 5.74) is 3.95. The number of Topliss-reactive ketones (excluding diaryl/α,β-unsaturated/α-hetero) is 1. The van der Waals surface area contributed by atoms with Crippen molar-refractivity contribution in [1.29, 1.82) is 0 Å². The summed E-state index contributed by atoms with van der Waals surface area (Å²) in [6.45, 7) is 3.78. The fourth-order valence-corrected chi connectivity index (χ4v) is 5.56. The molecule has 1 aliphatic heterocycles. The predicted octanol–water partition coefficient (Wildman–Crippen LogP) is 5.83. The number of furan rings is 1. The van der Waals surface area contributed by atoms with E-state index in [9.17, 15) is 9.59 Å². The molecule has 0 bridgehead atoms. The molecule has 5 heteroatoms. The van der Waals surface area contributed by atoms with E-state index in [1.54, 1.807) is 0 Å². The number of esters is 1. The van der Waals surface area contributed by atoms with Gasteiger partial charge in [0.2, 0.25) is 0 Å². The maximum Gasteiger partial charge on any atom is 0.337 e. The number of rotatable bonds is 4. The van der Waals surface area contributed by atoms with Gasteiger partial charge in [-0.05, 0) is 69.6 Å². The van der Waals surface area contributed by atoms with Crippen LogP contribution in [0.1, 0.15) is 80.8 Å². The van der Waals surface area contributed by atoms with Crippen LogP contribution in [0.3, 0.4) is 0 Å². The Morgan fingerprint density at radius 1 is 1.00 bits per heavy atom. The van der Waals surface area contributed by atoms with Crippen LogP contribution < -0.4 is 5.32 Å². The lowest BCUT2D eigenvalue weighted by atomic mass is 9.73. The monoisotopic (exact) mass is 445 g/mol. The molecule has 5 nitrogen and oxygen atoms in total. The second kappa shape index (κ2) is 9.05. The van der Waals surface area contributed by atoms with Crippen LogP contribution in [0.5, 0.6) is 0 Å². The third kappa shape index (κ3) is 4.29. The van der Waals surface area contributed by atoms with Crippen molar-refractivity contribution >= 4 is 11.8 Å². The molecule has 0 radical (unpaired) electrons. The van der Waals surface area contributed by atoms with Gasteiger partial charge in [-0.2, -0.15) is 0 Å². The lowest BCUT2D eigenvalue weighted by molar-refractivity contribution is -0.146. The highest BCUT2D eigenvalue weighted by atomic mass is 16.5. The van der Waals surface area contributed by atoms with Gasteiger partial charge in [0.05, 0.1) is 11.5 Å². The van der Waals surface area contributed by atoms with E-state index in [1.807, 2.05) is 44.2 Å². The topological polar surface area (TPSA) is 68.5 Å². The van der Waals surface area contributed by atoms with Crippen LogP contribution in [-0.2, 0) is 14.3 Å². The van der Waals surface area contributed by atoms with Gasteiger partial charge in [0.1, 0.15) is 17.6 Å². The minimum atomic E-state index is -0.532. The van der Waals surface area contributed by atoms with E-state index >= 15 is 0 Å². The fraction of sp³-hybridized carbons (Fsp3) is 0.429. The van der Waals surface area contributed by atoms with Gasteiger partial charge in [0.25, 0.3) is 0 Å². The Morgan fingerprint density at radius 3 is 2.45 bits per heavy atom. The molecule has 5 rings (SSSR count). The van der Waals surface area contributed by atoms with Crippen molar-refractivity contribution in [2.45, 2.75) is 76.7 Å². The Hall–Kier alpha value is -3.08. The number of ketones is 1. The second-order valence-corrected chi connectivity index (χ2v) is 9.54. The SMILES string of the molecule is CC1=C(C(=O)OC2CCCCC2)[C@H](c2ccc(C)o2)C2=C(C[C@H](c3ccccc3)CC2=O)N1. The van der Waals surface area contributed by atoms with E-state index in [2.05, 4.69) is 17.4 Å². The zero-order chi connectivity index (χ0) is 22.9. The molecule has 1 fully saturated rings. The fourth-order valence-electron chi connectivity index (χ4n) is 5.56. The summed E-state index contributed by atoms with van der Waals surface area (Å²) in [5.74, 6) is 0.696. The van der Waals surface area contributed by atoms with Crippen molar-refractivity contribution in [2.75, 3.05) is 0 Å². The molecule has 172 valence electrons. The normalized spacial score (nSPS) is 23.9. The minimum absolute atomic E-state index is 0.0505. The van der Waals surface area contributed by atoms with Crippen molar-refractivity contribution in [2.24, 2.45) is 0 Å². The lowest BCUT2D eigenvalue weighted by Gasteiger charge is -2.36. The molecule has 1 aromatic heterocycles. The number of carbonyl (C=O) groups excluding carboxylic acids is 2. The number of ether oxygens (including phenoxy) is 1. The van der Waals surface area contributed by atoms with E-state index in [1.165, 1.54) is 6.42 Å². The highest BCUT2D eigenvalue weighted by Gasteiger charge is 2.43. The van der Waals surface area contributed by atoms with Crippen molar-refractivity contribution in [3.63, 3.8) is 0 Å². The molecule has 0 saturated heterocycles. The molecule has 2 aliphatic carbocycles. The minimum Gasteiger partial charge on any atom is -0.465 e. The molecule has 1 aromatic carbocycles. The molecule has 0 unspecified atom stereocenters. The van der Waals surface area contributed by atoms with E-state index in [0.29, 0.717) is 23.3 Å². The van der Waals surface area contributed by atoms with Gasteiger partial charge >= 0.3 is 5.97 Å². The van der Waals surface area contributed by atoms with Crippen LogP contribution in [-0.4, -0.2) is 17.9 Å². The number of hydrogen-bond donors (Lipinski definition) is 1. The van der Waals surface area contributed by atoms with Gasteiger partial charge in [0, 0.05) is 23.4 Å². The molecule has 1 N–H and O–H groups in total. The maximum absolute atomic E-state index is 13.6. The van der Waals surface area contributed by atoms with Gasteiger partial charge < -0.3 is 14.5 Å². The number of allylic oxidation sites excluding steroid dienone is 3. The number of nitrogens with one attached hydrogen (secondary N) is 1. The van der Waals surface area contributed by atoms with E-state index < -0.39 is 5.92 Å². The van der Waals surface area contributed by atoms with Gasteiger partial charge in [-0.1, -0.05) is 36.8 Å². The molecule has 2 aromatic rings. The second-order valence-electron chi connectivity index (χ2n) is 9.54. The molecule has 2 heterocycles. The van der Waals surface area contributed by atoms with Crippen LogP contribution in [0, 0.1) is 6.92 Å². The average Bonchev–Trinajstić information content (AvgIpc) is 3.25. The molecule has 2 atom stereocenters. The van der Waals surface area contributed by atoms with Crippen LogP contribution in [0.25, 0.3) is 0 Å². The molecule has 0 amide bonds. The van der Waals surface area contributed by atoms with E-state index in [4.69, 9.17) is 9.15 Å². The first kappa shape index (κ1) is 21.7. The number of dihydropyridines is 1. The highest BCUT2D eigenvalue weighted by Crippen LogP contribution is 2.46. The standard InChI is InChI=1S/C28H31NO4/c1-17-13-14-24(32-17)27-25(28(31)33-21-11-7-4-8-12-21)18(2)29-22-15-20(16-23(30)26(22)27)19-9-5-3-6-10-19/h3,5-6,9-10,13-14,20-21,27,29H,4,7-8,11-12,15-16H2,1-2H3/t20-,27-/m0/s1. The van der Waals surface area contributed by atoms with Crippen molar-refractivity contribution < 1.29 is 18.7 Å². The van der Waals surface area contributed by atoms with Crippen LogP contribution in [0.4, 0.5) is 0 Å². The number of benzene rings is 1. The van der Waals surface area contributed by atoms with Crippen molar-refractivity contribution in [1.82, 2.24) is 5.32 Å². The van der Waals surface area contributed by atoms with Crippen LogP contribution in [0.15, 0.2) is 69.4 Å². The van der Waals surface area contributed by atoms with E-state index in [-0.39, 0.29) is 23.8 Å². The summed E-state index contributed by atoms with van der Waals surface area (Å²) in [6, 6.07) is 13.9. The smallest absolute Gasteiger partial charge is 0.337 e. The lowest BCUT2D eigenvalue weighted by Crippen LogP contribution is -2.36. The summed E-state index contributed by atoms with van der Waals surface area (Å²) in [7, 11) is 0. The summed E-state index contributed by atoms with van der Waals surface area (Å²) < 4.78 is 11.9. The maximum atomic E-state index is 13.6. The predicted molar refractivity (Wildman–Crippen MR) is 125 cm³/mol. The van der Waals surface area contributed by atoms with Crippen LogP contribution in [0.2, 0.25) is 0 Å². The van der Waals surface area contributed by atoms with E-state index in [0.717, 1.165) is 54.8 Å². The van der Waals surface area contributed by atoms with Gasteiger partial charge in [-0.15, -0.1) is 0 Å². The zero-order valence-electron chi connectivity index (χ0n) is 19.4. The molecule has 1 saturated carbocycles. The van der Waals surface area contributed by atoms with Gasteiger partial charge in [-0.25, -0.2) is 4.79 Å². The zero-order valence-corrected chi connectivity index (χ0v) is 19.4. The molecule has 3 aliphatic rings. The number of hydrogen-bond acceptors (Lipinski definition) is 5.